The van der Waals surface area contributed by atoms with E-state index >= 15 is 0 Å². The minimum absolute atomic E-state index is 0.00197. The molecule has 0 aliphatic heterocycles. The Morgan fingerprint density at radius 2 is 2.04 bits per heavy atom. The molecule has 0 aliphatic carbocycles. The van der Waals surface area contributed by atoms with Crippen LogP contribution < -0.4 is 10.9 Å². The third-order valence-corrected chi connectivity index (χ3v) is 4.14. The molecule has 0 spiro atoms. The Hall–Kier alpha value is -3.69. The van der Waals surface area contributed by atoms with Crippen LogP contribution in [0.5, 0.6) is 0 Å². The van der Waals surface area contributed by atoms with Crippen molar-refractivity contribution >= 4 is 22.5 Å². The molecule has 0 aliphatic rings. The van der Waals surface area contributed by atoms with Gasteiger partial charge in [0.05, 0.1) is 28.2 Å². The molecule has 0 saturated carbocycles. The number of halogens is 2. The van der Waals surface area contributed by atoms with E-state index in [1.807, 2.05) is 0 Å². The first kappa shape index (κ1) is 19.1. The molecule has 8 nitrogen and oxygen atoms in total. The molecule has 0 radical (unpaired) electrons. The second-order valence-electron chi connectivity index (χ2n) is 6.09. The molecular formula is C18H14F2N4O4. The van der Waals surface area contributed by atoms with Crippen LogP contribution in [0.2, 0.25) is 0 Å². The predicted octanol–water partition coefficient (Wildman–Crippen LogP) is 2.46. The maximum absolute atomic E-state index is 13.8. The van der Waals surface area contributed by atoms with Gasteiger partial charge in [0.25, 0.3) is 11.2 Å². The zero-order valence-corrected chi connectivity index (χ0v) is 14.6. The Bertz CT molecular complexity index is 1150. The number of aromatic nitrogens is 2. The highest BCUT2D eigenvalue weighted by molar-refractivity contribution is 5.81. The van der Waals surface area contributed by atoms with E-state index < -0.39 is 40.6 Å². The summed E-state index contributed by atoms with van der Waals surface area (Å²) in [5.74, 6) is -2.14. The first-order valence-corrected chi connectivity index (χ1v) is 8.14. The summed E-state index contributed by atoms with van der Waals surface area (Å²) >= 11 is 0. The van der Waals surface area contributed by atoms with Gasteiger partial charge in [-0.2, -0.15) is 0 Å². The van der Waals surface area contributed by atoms with Crippen molar-refractivity contribution in [2.45, 2.75) is 19.5 Å². The van der Waals surface area contributed by atoms with Crippen LogP contribution in [0.3, 0.4) is 0 Å². The molecule has 1 amide bonds. The summed E-state index contributed by atoms with van der Waals surface area (Å²) in [6, 6.07) is 5.91. The number of nitro benzene ring substituents is 1. The number of hydrogen-bond donors (Lipinski definition) is 1. The molecule has 2 aromatic carbocycles. The minimum atomic E-state index is -0.801. The Morgan fingerprint density at radius 1 is 1.29 bits per heavy atom. The fraction of sp³-hybridized carbons (Fsp3) is 0.167. The van der Waals surface area contributed by atoms with Gasteiger partial charge in [-0.05, 0) is 19.1 Å². The molecule has 144 valence electrons. The van der Waals surface area contributed by atoms with Gasteiger partial charge in [0, 0.05) is 23.8 Å². The fourth-order valence-corrected chi connectivity index (χ4v) is 2.75. The first-order valence-electron chi connectivity index (χ1n) is 8.14. The zero-order chi connectivity index (χ0) is 20.4. The summed E-state index contributed by atoms with van der Waals surface area (Å²) in [5, 5.41) is 13.4. The first-order chi connectivity index (χ1) is 13.3. The van der Waals surface area contributed by atoms with Crippen LogP contribution >= 0.6 is 0 Å². The van der Waals surface area contributed by atoms with E-state index in [-0.39, 0.29) is 22.2 Å². The lowest BCUT2D eigenvalue weighted by molar-refractivity contribution is -0.384. The Kier molecular flexibility index (Phi) is 5.12. The lowest BCUT2D eigenvalue weighted by Gasteiger charge is -2.15. The van der Waals surface area contributed by atoms with Crippen molar-refractivity contribution in [3.63, 3.8) is 0 Å². The van der Waals surface area contributed by atoms with Gasteiger partial charge >= 0.3 is 0 Å². The van der Waals surface area contributed by atoms with Gasteiger partial charge in [0.1, 0.15) is 18.2 Å². The largest absolute Gasteiger partial charge is 0.348 e. The van der Waals surface area contributed by atoms with Crippen LogP contribution in [0, 0.1) is 21.7 Å². The highest BCUT2D eigenvalue weighted by atomic mass is 19.1. The lowest BCUT2D eigenvalue weighted by atomic mass is 10.1. The summed E-state index contributed by atoms with van der Waals surface area (Å²) in [6.07, 6.45) is 1.15. The second-order valence-corrected chi connectivity index (χ2v) is 6.09. The van der Waals surface area contributed by atoms with Gasteiger partial charge in [-0.25, -0.2) is 13.8 Å². The average Bonchev–Trinajstić information content (AvgIpc) is 2.63. The lowest BCUT2D eigenvalue weighted by Crippen LogP contribution is -2.34. The summed E-state index contributed by atoms with van der Waals surface area (Å²) in [6.45, 7) is 1.09. The second kappa shape index (κ2) is 7.51. The topological polar surface area (TPSA) is 107 Å². The Labute approximate surface area is 156 Å². The van der Waals surface area contributed by atoms with Gasteiger partial charge in [-0.1, -0.05) is 6.07 Å². The number of fused-ring (bicyclic) bond motifs is 1. The maximum atomic E-state index is 13.8. The van der Waals surface area contributed by atoms with Crippen molar-refractivity contribution in [3.05, 3.63) is 80.4 Å². The van der Waals surface area contributed by atoms with Gasteiger partial charge in [-0.3, -0.25) is 24.3 Å². The normalized spacial score (nSPS) is 12.0. The number of nitro groups is 1. The number of nitrogens with zero attached hydrogens (tertiary/aromatic N) is 3. The quantitative estimate of drug-likeness (QED) is 0.534. The minimum Gasteiger partial charge on any atom is -0.348 e. The van der Waals surface area contributed by atoms with E-state index in [4.69, 9.17) is 0 Å². The van der Waals surface area contributed by atoms with Crippen molar-refractivity contribution in [2.24, 2.45) is 0 Å². The van der Waals surface area contributed by atoms with Crippen molar-refractivity contribution < 1.29 is 18.5 Å². The third-order valence-electron chi connectivity index (χ3n) is 4.14. The number of rotatable bonds is 5. The van der Waals surface area contributed by atoms with Gasteiger partial charge in [0.15, 0.2) is 0 Å². The molecule has 0 unspecified atom stereocenters. The molecule has 3 aromatic rings. The van der Waals surface area contributed by atoms with Crippen molar-refractivity contribution in [1.82, 2.24) is 14.9 Å². The van der Waals surface area contributed by atoms with Crippen LogP contribution in [-0.4, -0.2) is 20.4 Å². The smallest absolute Gasteiger partial charge is 0.270 e. The number of carbonyl (C=O) groups excluding carboxylic acids is 1. The third kappa shape index (κ3) is 3.85. The van der Waals surface area contributed by atoms with Crippen molar-refractivity contribution in [1.29, 1.82) is 0 Å². The average molecular weight is 388 g/mol. The number of amides is 1. The number of benzene rings is 2. The van der Waals surface area contributed by atoms with Gasteiger partial charge in [0.2, 0.25) is 5.91 Å². The molecule has 0 fully saturated rings. The summed E-state index contributed by atoms with van der Waals surface area (Å²) in [5.41, 5.74) is -0.540. The van der Waals surface area contributed by atoms with Crippen molar-refractivity contribution in [2.75, 3.05) is 0 Å². The van der Waals surface area contributed by atoms with Crippen LogP contribution in [-0.2, 0) is 11.3 Å². The molecule has 1 atom stereocenters. The van der Waals surface area contributed by atoms with E-state index in [1.54, 1.807) is 0 Å². The number of nitrogens with one attached hydrogen (secondary N) is 1. The zero-order valence-electron chi connectivity index (χ0n) is 14.6. The van der Waals surface area contributed by atoms with Crippen LogP contribution in [0.15, 0.2) is 47.5 Å². The molecule has 10 heteroatoms. The Balaban J connectivity index is 1.81. The molecule has 0 bridgehead atoms. The molecule has 0 saturated heterocycles. The van der Waals surface area contributed by atoms with Gasteiger partial charge in [-0.15, -0.1) is 0 Å². The standard InChI is InChI=1S/C18H14F2N4O4/c1-10(13-4-2-11(19)6-15(13)20)22-17(25)8-23-9-21-16-5-3-12(24(27)28)7-14(16)18(23)26/h2-7,9-10H,8H2,1H3,(H,22,25)/t10-/m0/s1. The molecule has 1 heterocycles. The van der Waals surface area contributed by atoms with E-state index in [0.29, 0.717) is 6.07 Å². The fourth-order valence-electron chi connectivity index (χ4n) is 2.75. The van der Waals surface area contributed by atoms with E-state index in [2.05, 4.69) is 10.3 Å². The molecule has 1 N–H and O–H groups in total. The number of carbonyl (C=O) groups is 1. The van der Waals surface area contributed by atoms with E-state index in [9.17, 15) is 28.5 Å². The summed E-state index contributed by atoms with van der Waals surface area (Å²) in [7, 11) is 0. The van der Waals surface area contributed by atoms with E-state index in [1.165, 1.54) is 25.1 Å². The monoisotopic (exact) mass is 388 g/mol. The SMILES string of the molecule is C[C@H](NC(=O)Cn1cnc2ccc([N+](=O)[O-])cc2c1=O)c1ccc(F)cc1F. The number of hydrogen-bond acceptors (Lipinski definition) is 5. The van der Waals surface area contributed by atoms with Crippen LogP contribution in [0.25, 0.3) is 10.9 Å². The predicted molar refractivity (Wildman–Crippen MR) is 95.6 cm³/mol. The Morgan fingerprint density at radius 3 is 2.71 bits per heavy atom. The summed E-state index contributed by atoms with van der Waals surface area (Å²) in [4.78, 5) is 39.0. The van der Waals surface area contributed by atoms with Crippen LogP contribution in [0.4, 0.5) is 14.5 Å². The summed E-state index contributed by atoms with van der Waals surface area (Å²) < 4.78 is 27.8. The van der Waals surface area contributed by atoms with Crippen molar-refractivity contribution in [3.8, 4) is 0 Å². The highest BCUT2D eigenvalue weighted by Gasteiger charge is 2.16. The van der Waals surface area contributed by atoms with Gasteiger partial charge < -0.3 is 5.32 Å². The molecule has 1 aromatic heterocycles. The highest BCUT2D eigenvalue weighted by Crippen LogP contribution is 2.18. The molecule has 28 heavy (non-hydrogen) atoms. The van der Waals surface area contributed by atoms with Crippen LogP contribution in [0.1, 0.15) is 18.5 Å². The van der Waals surface area contributed by atoms with E-state index in [0.717, 1.165) is 23.0 Å². The maximum Gasteiger partial charge on any atom is 0.270 e. The number of non-ortho nitro benzene ring substituents is 1. The molecular weight excluding hydrogens is 374 g/mol. The molecule has 3 rings (SSSR count).